The zero-order valence-electron chi connectivity index (χ0n) is 15.7. The average molecular weight is 392 g/mol. The molecule has 0 spiro atoms. The maximum Gasteiger partial charge on any atom is 0.237 e. The Bertz CT molecular complexity index is 1000. The monoisotopic (exact) mass is 391 g/mol. The highest BCUT2D eigenvalue weighted by atomic mass is 32.2. The number of aromatic nitrogens is 4. The molecule has 0 saturated heterocycles. The predicted molar refractivity (Wildman–Crippen MR) is 111 cm³/mol. The molecular formula is C21H21N5OS. The molecule has 3 heterocycles. The number of carbonyl (C=O) groups excluding carboxylic acids is 1. The van der Waals surface area contributed by atoms with Crippen LogP contribution < -0.4 is 4.90 Å². The van der Waals surface area contributed by atoms with Gasteiger partial charge >= 0.3 is 0 Å². The van der Waals surface area contributed by atoms with Gasteiger partial charge in [-0.25, -0.2) is 0 Å². The summed E-state index contributed by atoms with van der Waals surface area (Å²) in [4.78, 5) is 19.0. The second kappa shape index (κ2) is 7.98. The lowest BCUT2D eigenvalue weighted by Crippen LogP contribution is -2.37. The number of benzene rings is 1. The van der Waals surface area contributed by atoms with E-state index in [2.05, 4.69) is 34.8 Å². The first kappa shape index (κ1) is 18.4. The summed E-state index contributed by atoms with van der Waals surface area (Å²) in [6.07, 6.45) is 6.17. The maximum absolute atomic E-state index is 13.0. The van der Waals surface area contributed by atoms with Crippen molar-refractivity contribution in [2.24, 2.45) is 0 Å². The Balaban J connectivity index is 1.53. The number of para-hydroxylation sites is 1. The summed E-state index contributed by atoms with van der Waals surface area (Å²) in [5, 5.41) is 9.31. The van der Waals surface area contributed by atoms with E-state index in [4.69, 9.17) is 0 Å². The number of hydrogen-bond acceptors (Lipinski definition) is 5. The van der Waals surface area contributed by atoms with Gasteiger partial charge in [-0.05, 0) is 37.1 Å². The van der Waals surface area contributed by atoms with E-state index < -0.39 is 0 Å². The van der Waals surface area contributed by atoms with E-state index in [1.54, 1.807) is 18.5 Å². The van der Waals surface area contributed by atoms with Gasteiger partial charge in [0.25, 0.3) is 0 Å². The molecule has 0 fully saturated rings. The smallest absolute Gasteiger partial charge is 0.237 e. The molecule has 4 rings (SSSR count). The fourth-order valence-electron chi connectivity index (χ4n) is 3.54. The van der Waals surface area contributed by atoms with Crippen molar-refractivity contribution in [2.75, 3.05) is 10.7 Å². The van der Waals surface area contributed by atoms with Gasteiger partial charge in [-0.15, -0.1) is 16.8 Å². The van der Waals surface area contributed by atoms with Gasteiger partial charge in [0.15, 0.2) is 11.0 Å². The second-order valence-electron chi connectivity index (χ2n) is 6.68. The Morgan fingerprint density at radius 2 is 2.14 bits per heavy atom. The molecule has 0 N–H and O–H groups in total. The third-order valence-electron chi connectivity index (χ3n) is 4.75. The highest BCUT2D eigenvalue weighted by Crippen LogP contribution is 2.33. The zero-order chi connectivity index (χ0) is 19.5. The number of hydrogen-bond donors (Lipinski definition) is 0. The number of nitrogens with zero attached hydrogens (tertiary/aromatic N) is 5. The Morgan fingerprint density at radius 1 is 1.29 bits per heavy atom. The number of pyridine rings is 1. The minimum absolute atomic E-state index is 0.0820. The van der Waals surface area contributed by atoms with Gasteiger partial charge in [0.05, 0.1) is 5.75 Å². The van der Waals surface area contributed by atoms with Crippen LogP contribution in [0.3, 0.4) is 0 Å². The van der Waals surface area contributed by atoms with Crippen LogP contribution in [0.15, 0.2) is 66.6 Å². The van der Waals surface area contributed by atoms with Crippen molar-refractivity contribution in [1.29, 1.82) is 0 Å². The lowest BCUT2D eigenvalue weighted by atomic mass is 10.1. The van der Waals surface area contributed by atoms with Crippen molar-refractivity contribution in [3.63, 3.8) is 0 Å². The average Bonchev–Trinajstić information content (AvgIpc) is 3.27. The van der Waals surface area contributed by atoms with Crippen LogP contribution in [-0.2, 0) is 17.8 Å². The highest BCUT2D eigenvalue weighted by Gasteiger charge is 2.30. The molecule has 1 aliphatic rings. The third kappa shape index (κ3) is 3.45. The van der Waals surface area contributed by atoms with Gasteiger partial charge in [0.2, 0.25) is 5.91 Å². The van der Waals surface area contributed by atoms with Crippen LogP contribution in [0.5, 0.6) is 0 Å². The Labute approximate surface area is 168 Å². The molecule has 6 nitrogen and oxygen atoms in total. The summed E-state index contributed by atoms with van der Waals surface area (Å²) in [7, 11) is 0. The largest absolute Gasteiger partial charge is 0.308 e. The summed E-state index contributed by atoms with van der Waals surface area (Å²) in [5.41, 5.74) is 3.13. The summed E-state index contributed by atoms with van der Waals surface area (Å²) in [5.74, 6) is 1.11. The summed E-state index contributed by atoms with van der Waals surface area (Å²) in [6.45, 7) is 6.48. The fraction of sp³-hybridized carbons (Fsp3) is 0.238. The quantitative estimate of drug-likeness (QED) is 0.475. The Hall–Kier alpha value is -2.93. The van der Waals surface area contributed by atoms with Gasteiger partial charge in [-0.1, -0.05) is 36.0 Å². The van der Waals surface area contributed by atoms with Crippen LogP contribution in [0.1, 0.15) is 12.5 Å². The van der Waals surface area contributed by atoms with Crippen molar-refractivity contribution in [3.05, 3.63) is 67.0 Å². The molecule has 28 heavy (non-hydrogen) atoms. The van der Waals surface area contributed by atoms with Gasteiger partial charge in [-0.3, -0.25) is 14.3 Å². The Morgan fingerprint density at radius 3 is 2.93 bits per heavy atom. The summed E-state index contributed by atoms with van der Waals surface area (Å²) in [6, 6.07) is 12.1. The highest BCUT2D eigenvalue weighted by molar-refractivity contribution is 7.99. The topological polar surface area (TPSA) is 63.9 Å². The summed E-state index contributed by atoms with van der Waals surface area (Å²) < 4.78 is 1.96. The van der Waals surface area contributed by atoms with E-state index in [-0.39, 0.29) is 11.9 Å². The van der Waals surface area contributed by atoms with E-state index >= 15 is 0 Å². The molecule has 1 aliphatic heterocycles. The molecule has 1 aromatic carbocycles. The second-order valence-corrected chi connectivity index (χ2v) is 7.62. The van der Waals surface area contributed by atoms with Crippen LogP contribution in [0.2, 0.25) is 0 Å². The molecule has 3 aromatic rings. The number of anilines is 1. The molecule has 1 amide bonds. The number of fused-ring (bicyclic) bond motifs is 1. The van der Waals surface area contributed by atoms with E-state index in [0.29, 0.717) is 17.5 Å². The third-order valence-corrected chi connectivity index (χ3v) is 5.70. The fourth-order valence-corrected chi connectivity index (χ4v) is 4.35. The molecule has 1 atom stereocenters. The van der Waals surface area contributed by atoms with Crippen LogP contribution in [0, 0.1) is 0 Å². The van der Waals surface area contributed by atoms with Crippen LogP contribution in [0.4, 0.5) is 5.69 Å². The minimum atomic E-state index is 0.0820. The van der Waals surface area contributed by atoms with Crippen molar-refractivity contribution in [3.8, 4) is 11.4 Å². The van der Waals surface area contributed by atoms with Crippen molar-refractivity contribution < 1.29 is 4.79 Å². The number of allylic oxidation sites excluding steroid dienone is 1. The van der Waals surface area contributed by atoms with Crippen LogP contribution >= 0.6 is 11.8 Å². The normalized spacial score (nSPS) is 15.5. The first-order valence-electron chi connectivity index (χ1n) is 9.16. The number of amides is 1. The molecule has 0 unspecified atom stereocenters. The zero-order valence-corrected chi connectivity index (χ0v) is 16.5. The molecule has 142 valence electrons. The van der Waals surface area contributed by atoms with Gasteiger partial charge in [0.1, 0.15) is 0 Å². The minimum Gasteiger partial charge on any atom is -0.308 e. The van der Waals surface area contributed by atoms with Crippen molar-refractivity contribution in [1.82, 2.24) is 19.7 Å². The van der Waals surface area contributed by atoms with Gasteiger partial charge < -0.3 is 4.90 Å². The van der Waals surface area contributed by atoms with Crippen molar-refractivity contribution >= 4 is 23.4 Å². The number of carbonyl (C=O) groups is 1. The van der Waals surface area contributed by atoms with Crippen molar-refractivity contribution in [2.45, 2.75) is 31.1 Å². The molecular weight excluding hydrogens is 370 g/mol. The molecule has 0 saturated carbocycles. The van der Waals surface area contributed by atoms with E-state index in [1.807, 2.05) is 39.8 Å². The molecule has 7 heteroatoms. The Kier molecular flexibility index (Phi) is 5.25. The molecule has 0 bridgehead atoms. The lowest BCUT2D eigenvalue weighted by molar-refractivity contribution is -0.116. The van der Waals surface area contributed by atoms with E-state index in [9.17, 15) is 4.79 Å². The standard InChI is InChI=1S/C21H21N5OS/c1-3-11-25-20(17-8-6-10-22-13-17)23-24-21(25)28-14-19(27)26-15(2)12-16-7-4-5-9-18(16)26/h3-10,13,15H,1,11-12,14H2,2H3/t15-/m1/s1. The van der Waals surface area contributed by atoms with Crippen LogP contribution in [0.25, 0.3) is 11.4 Å². The predicted octanol–water partition coefficient (Wildman–Crippen LogP) is 3.60. The SMILES string of the molecule is C=CCn1c(SCC(=O)N2c3ccccc3C[C@H]2C)nnc1-c1cccnc1. The van der Waals surface area contributed by atoms with E-state index in [0.717, 1.165) is 23.5 Å². The molecule has 0 aliphatic carbocycles. The number of thioether (sulfide) groups is 1. The lowest BCUT2D eigenvalue weighted by Gasteiger charge is -2.22. The van der Waals surface area contributed by atoms with Gasteiger partial charge in [-0.2, -0.15) is 0 Å². The van der Waals surface area contributed by atoms with Gasteiger partial charge in [0, 0.05) is 36.2 Å². The molecule has 0 radical (unpaired) electrons. The summed E-state index contributed by atoms with van der Waals surface area (Å²) >= 11 is 1.40. The molecule has 2 aromatic heterocycles. The maximum atomic E-state index is 13.0. The first-order chi connectivity index (χ1) is 13.7. The van der Waals surface area contributed by atoms with E-state index in [1.165, 1.54) is 17.3 Å². The van der Waals surface area contributed by atoms with Crippen LogP contribution in [-0.4, -0.2) is 37.5 Å². The first-order valence-corrected chi connectivity index (χ1v) is 10.1. The number of rotatable bonds is 6.